The fourth-order valence-corrected chi connectivity index (χ4v) is 5.25. The zero-order valence-corrected chi connectivity index (χ0v) is 22.0. The van der Waals surface area contributed by atoms with Crippen LogP contribution in [0, 0.1) is 12.3 Å². The van der Waals surface area contributed by atoms with Crippen LogP contribution in [0.2, 0.25) is 0 Å². The van der Waals surface area contributed by atoms with Gasteiger partial charge in [-0.05, 0) is 60.7 Å². The summed E-state index contributed by atoms with van der Waals surface area (Å²) in [7, 11) is 0. The number of carbonyl (C=O) groups excluding carboxylic acids is 1. The lowest BCUT2D eigenvalue weighted by Gasteiger charge is -2.20. The maximum Gasteiger partial charge on any atom is 0.283 e. The van der Waals surface area contributed by atoms with E-state index in [4.69, 9.17) is 14.9 Å². The molecule has 0 bridgehead atoms. The SMILES string of the molecule is Cc1cccc(OCCn2cc(/C=C3/C(=N)N4N=C(COc5ccccc5)SC4=NC3=O)c3ccccc32)c1. The summed E-state index contributed by atoms with van der Waals surface area (Å²) in [5.74, 6) is 1.09. The average Bonchev–Trinajstić information content (AvgIpc) is 3.52. The Hall–Kier alpha value is -4.63. The van der Waals surface area contributed by atoms with Crippen LogP contribution in [0.15, 0.2) is 101 Å². The predicted octanol–water partition coefficient (Wildman–Crippen LogP) is 5.73. The third-order valence-electron chi connectivity index (χ3n) is 6.31. The number of aliphatic imine (C=N–C) groups is 1. The molecule has 2 aliphatic heterocycles. The van der Waals surface area contributed by atoms with Crippen molar-refractivity contribution in [2.75, 3.05) is 13.2 Å². The molecule has 3 heterocycles. The molecule has 1 amide bonds. The number of thioether (sulfide) groups is 1. The molecule has 0 unspecified atom stereocenters. The van der Waals surface area contributed by atoms with Gasteiger partial charge in [0.15, 0.2) is 5.84 Å². The number of carbonyl (C=O) groups is 1. The quantitative estimate of drug-likeness (QED) is 0.291. The monoisotopic (exact) mass is 535 g/mol. The molecule has 8 nitrogen and oxygen atoms in total. The highest BCUT2D eigenvalue weighted by molar-refractivity contribution is 8.27. The first-order valence-electron chi connectivity index (χ1n) is 12.5. The molecule has 0 fully saturated rings. The molecule has 39 heavy (non-hydrogen) atoms. The second-order valence-electron chi connectivity index (χ2n) is 9.08. The smallest absolute Gasteiger partial charge is 0.283 e. The van der Waals surface area contributed by atoms with Gasteiger partial charge in [0.1, 0.15) is 29.8 Å². The Labute approximate surface area is 229 Å². The summed E-state index contributed by atoms with van der Waals surface area (Å²) in [5, 5.41) is 16.6. The van der Waals surface area contributed by atoms with Gasteiger partial charge in [-0.3, -0.25) is 10.2 Å². The molecule has 0 radical (unpaired) electrons. The molecule has 1 aromatic heterocycles. The third kappa shape index (κ3) is 5.21. The van der Waals surface area contributed by atoms with E-state index in [1.54, 1.807) is 6.08 Å². The van der Waals surface area contributed by atoms with Crippen molar-refractivity contribution in [2.45, 2.75) is 13.5 Å². The highest BCUT2D eigenvalue weighted by Gasteiger charge is 2.36. The second-order valence-corrected chi connectivity index (χ2v) is 10.1. The summed E-state index contributed by atoms with van der Waals surface area (Å²) >= 11 is 1.24. The topological polar surface area (TPSA) is 92.3 Å². The lowest BCUT2D eigenvalue weighted by Crippen LogP contribution is -2.35. The molecule has 1 N–H and O–H groups in total. The number of nitrogens with one attached hydrogen (secondary N) is 1. The second kappa shape index (κ2) is 10.6. The highest BCUT2D eigenvalue weighted by atomic mass is 32.2. The minimum absolute atomic E-state index is 0.00757. The van der Waals surface area contributed by atoms with Gasteiger partial charge in [-0.25, -0.2) is 0 Å². The summed E-state index contributed by atoms with van der Waals surface area (Å²) in [6, 6.07) is 25.4. The Morgan fingerprint density at radius 3 is 2.62 bits per heavy atom. The molecule has 9 heteroatoms. The summed E-state index contributed by atoms with van der Waals surface area (Å²) in [6.07, 6.45) is 3.71. The van der Waals surface area contributed by atoms with Crippen molar-refractivity contribution in [3.63, 3.8) is 0 Å². The molecule has 0 aliphatic carbocycles. The van der Waals surface area contributed by atoms with Gasteiger partial charge in [0.2, 0.25) is 5.17 Å². The van der Waals surface area contributed by atoms with Crippen molar-refractivity contribution in [1.82, 2.24) is 9.58 Å². The molecule has 0 atom stereocenters. The number of amides is 1. The number of rotatable bonds is 8. The third-order valence-corrected chi connectivity index (χ3v) is 7.19. The summed E-state index contributed by atoms with van der Waals surface area (Å²) in [6.45, 7) is 3.38. The highest BCUT2D eigenvalue weighted by Crippen LogP contribution is 2.30. The fourth-order valence-electron chi connectivity index (χ4n) is 4.45. The summed E-state index contributed by atoms with van der Waals surface area (Å²) in [5.41, 5.74) is 3.18. The van der Waals surface area contributed by atoms with Gasteiger partial charge in [0, 0.05) is 22.7 Å². The Balaban J connectivity index is 1.22. The van der Waals surface area contributed by atoms with E-state index in [0.29, 0.717) is 23.4 Å². The lowest BCUT2D eigenvalue weighted by atomic mass is 10.1. The zero-order valence-electron chi connectivity index (χ0n) is 21.2. The van der Waals surface area contributed by atoms with Gasteiger partial charge in [0.05, 0.1) is 12.1 Å². The van der Waals surface area contributed by atoms with Crippen LogP contribution in [-0.4, -0.2) is 44.7 Å². The van der Waals surface area contributed by atoms with Crippen molar-refractivity contribution in [1.29, 1.82) is 5.41 Å². The van der Waals surface area contributed by atoms with Crippen LogP contribution in [0.1, 0.15) is 11.1 Å². The molecule has 0 saturated carbocycles. The molecular formula is C30H25N5O3S. The van der Waals surface area contributed by atoms with Crippen LogP contribution in [0.25, 0.3) is 17.0 Å². The van der Waals surface area contributed by atoms with Gasteiger partial charge in [-0.1, -0.05) is 48.5 Å². The van der Waals surface area contributed by atoms with Crippen LogP contribution in [0.4, 0.5) is 0 Å². The number of hydrogen-bond donors (Lipinski definition) is 1. The number of fused-ring (bicyclic) bond motifs is 2. The van der Waals surface area contributed by atoms with Crippen LogP contribution >= 0.6 is 11.8 Å². The molecule has 6 rings (SSSR count). The van der Waals surface area contributed by atoms with E-state index in [1.165, 1.54) is 16.8 Å². The van der Waals surface area contributed by atoms with Crippen molar-refractivity contribution >= 4 is 50.7 Å². The Bertz CT molecular complexity index is 1670. The first kappa shape index (κ1) is 24.7. The molecule has 2 aliphatic rings. The number of aromatic nitrogens is 1. The van der Waals surface area contributed by atoms with Crippen LogP contribution in [-0.2, 0) is 11.3 Å². The van der Waals surface area contributed by atoms with Crippen LogP contribution in [0.5, 0.6) is 11.5 Å². The standard InChI is InChI=1S/C30H25N5O3S/c1-20-8-7-11-23(16-20)37-15-14-34-18-21(24-12-5-6-13-26(24)34)17-25-28(31)35-30(32-29(25)36)39-27(33-35)19-38-22-9-3-2-4-10-22/h2-13,16-18,31H,14-15,19H2,1H3/b25-17-,31-28?. The van der Waals surface area contributed by atoms with E-state index in [2.05, 4.69) is 14.7 Å². The number of amidine groups is 2. The van der Waals surface area contributed by atoms with Crippen LogP contribution in [0.3, 0.4) is 0 Å². The van der Waals surface area contributed by atoms with Crippen LogP contribution < -0.4 is 9.47 Å². The largest absolute Gasteiger partial charge is 0.492 e. The number of ether oxygens (including phenoxy) is 2. The van der Waals surface area contributed by atoms with Crippen molar-refractivity contribution in [3.05, 3.63) is 102 Å². The maximum atomic E-state index is 13.0. The molecule has 4 aromatic rings. The molecule has 194 valence electrons. The van der Waals surface area contributed by atoms with E-state index < -0.39 is 5.91 Å². The number of hydrazone groups is 1. The normalized spacial score (nSPS) is 15.9. The van der Waals surface area contributed by atoms with E-state index in [9.17, 15) is 4.79 Å². The molecule has 3 aromatic carbocycles. The predicted molar refractivity (Wildman–Crippen MR) is 156 cm³/mol. The van der Waals surface area contributed by atoms with Gasteiger partial charge < -0.3 is 14.0 Å². The average molecular weight is 536 g/mol. The molecular weight excluding hydrogens is 510 g/mol. The fraction of sp³-hybridized carbons (Fsp3) is 0.133. The van der Waals surface area contributed by atoms with Gasteiger partial charge in [-0.2, -0.15) is 15.1 Å². The summed E-state index contributed by atoms with van der Waals surface area (Å²) in [4.78, 5) is 17.2. The number of aryl methyl sites for hydroxylation is 1. The first-order chi connectivity index (χ1) is 19.0. The summed E-state index contributed by atoms with van der Waals surface area (Å²) < 4.78 is 13.8. The van der Waals surface area contributed by atoms with E-state index in [-0.39, 0.29) is 18.0 Å². The van der Waals surface area contributed by atoms with Gasteiger partial charge in [0.25, 0.3) is 5.91 Å². The van der Waals surface area contributed by atoms with Crippen molar-refractivity contribution < 1.29 is 14.3 Å². The number of para-hydroxylation sites is 2. The minimum atomic E-state index is -0.459. The zero-order chi connectivity index (χ0) is 26.8. The van der Waals surface area contributed by atoms with Gasteiger partial charge in [-0.15, -0.1) is 0 Å². The van der Waals surface area contributed by atoms with E-state index in [0.717, 1.165) is 33.5 Å². The van der Waals surface area contributed by atoms with Crippen molar-refractivity contribution in [3.8, 4) is 11.5 Å². The Kier molecular flexibility index (Phi) is 6.73. The minimum Gasteiger partial charge on any atom is -0.492 e. The Morgan fingerprint density at radius 1 is 0.974 bits per heavy atom. The van der Waals surface area contributed by atoms with E-state index in [1.807, 2.05) is 92.0 Å². The van der Waals surface area contributed by atoms with Crippen molar-refractivity contribution in [2.24, 2.45) is 10.1 Å². The molecule has 0 spiro atoms. The van der Waals surface area contributed by atoms with Gasteiger partial charge >= 0.3 is 0 Å². The number of benzene rings is 3. The first-order valence-corrected chi connectivity index (χ1v) is 13.3. The number of nitrogens with zero attached hydrogens (tertiary/aromatic N) is 4. The maximum absolute atomic E-state index is 13.0. The lowest BCUT2D eigenvalue weighted by molar-refractivity contribution is -0.114. The number of hydrogen-bond acceptors (Lipinski definition) is 6. The Morgan fingerprint density at radius 2 is 1.77 bits per heavy atom. The molecule has 0 saturated heterocycles. The van der Waals surface area contributed by atoms with E-state index >= 15 is 0 Å².